The van der Waals surface area contributed by atoms with Crippen LogP contribution in [0.3, 0.4) is 0 Å². The first kappa shape index (κ1) is 19.9. The Morgan fingerprint density at radius 1 is 1.11 bits per heavy atom. The molecule has 0 unspecified atom stereocenters. The van der Waals surface area contributed by atoms with Crippen LogP contribution in [-0.4, -0.2) is 99.4 Å². The molecule has 2 aliphatic heterocycles. The van der Waals surface area contributed by atoms with Crippen LogP contribution in [0.25, 0.3) is 0 Å². The molecule has 0 aliphatic carbocycles. The van der Waals surface area contributed by atoms with Crippen LogP contribution >= 0.6 is 0 Å². The summed E-state index contributed by atoms with van der Waals surface area (Å²) in [5.74, 6) is 1.55. The predicted molar refractivity (Wildman–Crippen MR) is 103 cm³/mol. The van der Waals surface area contributed by atoms with Crippen molar-refractivity contribution in [2.45, 2.75) is 0 Å². The highest BCUT2D eigenvalue weighted by molar-refractivity contribution is 5.97. The molecule has 27 heavy (non-hydrogen) atoms. The van der Waals surface area contributed by atoms with E-state index in [2.05, 4.69) is 16.8 Å². The molecule has 0 aromatic heterocycles. The van der Waals surface area contributed by atoms with Gasteiger partial charge in [0.15, 0.2) is 0 Å². The van der Waals surface area contributed by atoms with Crippen LogP contribution in [0, 0.1) is 11.8 Å². The second kappa shape index (κ2) is 8.91. The topological polar surface area (TPSA) is 65.5 Å². The van der Waals surface area contributed by atoms with Crippen molar-refractivity contribution >= 4 is 5.91 Å². The second-order valence-corrected chi connectivity index (χ2v) is 7.58. The van der Waals surface area contributed by atoms with Crippen LogP contribution in [0.1, 0.15) is 10.4 Å². The van der Waals surface area contributed by atoms with Gasteiger partial charge in [-0.05, 0) is 25.1 Å². The minimum atomic E-state index is -0.0474. The van der Waals surface area contributed by atoms with E-state index in [9.17, 15) is 9.90 Å². The lowest BCUT2D eigenvalue weighted by atomic mass is 9.96. The number of nitrogens with zero attached hydrogens (tertiary/aromatic N) is 3. The number of ether oxygens (including phenoxy) is 2. The van der Waals surface area contributed by atoms with Gasteiger partial charge < -0.3 is 29.3 Å². The monoisotopic (exact) mass is 377 g/mol. The van der Waals surface area contributed by atoms with Gasteiger partial charge in [-0.1, -0.05) is 0 Å². The molecule has 0 saturated carbocycles. The maximum Gasteiger partial charge on any atom is 0.257 e. The average molecular weight is 377 g/mol. The van der Waals surface area contributed by atoms with E-state index in [0.717, 1.165) is 32.7 Å². The number of rotatable bonds is 6. The number of carbonyl (C=O) groups is 1. The van der Waals surface area contributed by atoms with Crippen LogP contribution in [0.2, 0.25) is 0 Å². The van der Waals surface area contributed by atoms with Crippen molar-refractivity contribution in [2.75, 3.05) is 73.7 Å². The summed E-state index contributed by atoms with van der Waals surface area (Å²) in [6.45, 7) is 6.54. The fraction of sp³-hybridized carbons (Fsp3) is 0.650. The Morgan fingerprint density at radius 2 is 1.81 bits per heavy atom. The van der Waals surface area contributed by atoms with E-state index in [0.29, 0.717) is 36.1 Å². The third kappa shape index (κ3) is 4.54. The van der Waals surface area contributed by atoms with E-state index in [1.807, 2.05) is 4.90 Å². The number of amides is 1. The van der Waals surface area contributed by atoms with Gasteiger partial charge in [0.1, 0.15) is 11.5 Å². The molecule has 1 aromatic rings. The zero-order valence-electron chi connectivity index (χ0n) is 16.6. The molecule has 0 bridgehead atoms. The lowest BCUT2D eigenvalue weighted by Crippen LogP contribution is -2.47. The highest BCUT2D eigenvalue weighted by atomic mass is 16.5. The molecule has 2 fully saturated rings. The minimum Gasteiger partial charge on any atom is -0.497 e. The fourth-order valence-electron chi connectivity index (χ4n) is 4.03. The number of methoxy groups -OCH3 is 2. The molecule has 0 radical (unpaired) electrons. The summed E-state index contributed by atoms with van der Waals surface area (Å²) in [7, 11) is 5.29. The van der Waals surface area contributed by atoms with Gasteiger partial charge in [-0.2, -0.15) is 0 Å². The van der Waals surface area contributed by atoms with Gasteiger partial charge in [-0.3, -0.25) is 4.79 Å². The zero-order valence-corrected chi connectivity index (χ0v) is 16.6. The summed E-state index contributed by atoms with van der Waals surface area (Å²) < 4.78 is 10.6. The number of benzene rings is 1. The van der Waals surface area contributed by atoms with Crippen LogP contribution in [0.15, 0.2) is 18.2 Å². The third-order valence-corrected chi connectivity index (χ3v) is 5.83. The van der Waals surface area contributed by atoms with Crippen molar-refractivity contribution in [1.82, 2.24) is 14.7 Å². The number of piperazine rings is 1. The predicted octanol–water partition coefficient (Wildman–Crippen LogP) is 0.632. The van der Waals surface area contributed by atoms with Gasteiger partial charge in [-0.15, -0.1) is 0 Å². The van der Waals surface area contributed by atoms with Gasteiger partial charge in [-0.25, -0.2) is 0 Å². The van der Waals surface area contributed by atoms with E-state index >= 15 is 0 Å². The molecule has 1 aromatic carbocycles. The standard InChI is InChI=1S/C20H31N3O4/c1-21-6-8-22(9-7-21)11-15-12-23(13-16(15)14-24)20(25)18-5-4-17(26-2)10-19(18)27-3/h4-5,10,15-16,24H,6-9,11-14H2,1-3H3/t15-,16-/m1/s1. The Labute approximate surface area is 161 Å². The summed E-state index contributed by atoms with van der Waals surface area (Å²) in [6.07, 6.45) is 0. The first-order valence-electron chi connectivity index (χ1n) is 9.58. The molecule has 2 aliphatic rings. The van der Waals surface area contributed by atoms with Crippen molar-refractivity contribution in [1.29, 1.82) is 0 Å². The summed E-state index contributed by atoms with van der Waals surface area (Å²) in [5, 5.41) is 9.84. The van der Waals surface area contributed by atoms with Gasteiger partial charge in [0.25, 0.3) is 5.91 Å². The number of likely N-dealkylation sites (tertiary alicyclic amines) is 1. The number of likely N-dealkylation sites (N-methyl/N-ethyl adjacent to an activating group) is 1. The molecular formula is C20H31N3O4. The van der Waals surface area contributed by atoms with Gasteiger partial charge in [0.2, 0.25) is 0 Å². The Morgan fingerprint density at radius 3 is 2.44 bits per heavy atom. The fourth-order valence-corrected chi connectivity index (χ4v) is 4.03. The van der Waals surface area contributed by atoms with Gasteiger partial charge >= 0.3 is 0 Å². The number of hydrogen-bond acceptors (Lipinski definition) is 6. The van der Waals surface area contributed by atoms with E-state index in [4.69, 9.17) is 9.47 Å². The van der Waals surface area contributed by atoms with E-state index < -0.39 is 0 Å². The van der Waals surface area contributed by atoms with E-state index in [1.54, 1.807) is 32.4 Å². The smallest absolute Gasteiger partial charge is 0.257 e. The number of aliphatic hydroxyl groups excluding tert-OH is 1. The Kier molecular flexibility index (Phi) is 6.57. The Bertz CT molecular complexity index is 646. The SMILES string of the molecule is COc1ccc(C(=O)N2C[C@@H](CN3CCN(C)CC3)[C@@H](CO)C2)c(OC)c1. The molecule has 1 amide bonds. The summed E-state index contributed by atoms with van der Waals surface area (Å²) in [6, 6.07) is 5.26. The van der Waals surface area contributed by atoms with Crippen molar-refractivity contribution < 1.29 is 19.4 Å². The maximum atomic E-state index is 13.1. The third-order valence-electron chi connectivity index (χ3n) is 5.83. The molecule has 150 valence electrons. The minimum absolute atomic E-state index is 0.0474. The molecule has 1 N–H and O–H groups in total. The molecule has 2 atom stereocenters. The first-order chi connectivity index (χ1) is 13.0. The lowest BCUT2D eigenvalue weighted by molar-refractivity contribution is 0.0773. The van der Waals surface area contributed by atoms with E-state index in [-0.39, 0.29) is 18.4 Å². The highest BCUT2D eigenvalue weighted by Crippen LogP contribution is 2.30. The highest BCUT2D eigenvalue weighted by Gasteiger charge is 2.37. The number of aliphatic hydroxyl groups is 1. The van der Waals surface area contributed by atoms with Crippen molar-refractivity contribution in [2.24, 2.45) is 11.8 Å². The molecule has 2 heterocycles. The van der Waals surface area contributed by atoms with Gasteiger partial charge in [0.05, 0.1) is 19.8 Å². The van der Waals surface area contributed by atoms with Crippen LogP contribution in [0.5, 0.6) is 11.5 Å². The summed E-state index contributed by atoms with van der Waals surface area (Å²) >= 11 is 0. The Hall–Kier alpha value is -1.83. The Balaban J connectivity index is 1.68. The number of hydrogen-bond donors (Lipinski definition) is 1. The molecular weight excluding hydrogens is 346 g/mol. The van der Waals surface area contributed by atoms with Crippen LogP contribution in [-0.2, 0) is 0 Å². The average Bonchev–Trinajstić information content (AvgIpc) is 3.11. The molecule has 2 saturated heterocycles. The summed E-state index contributed by atoms with van der Waals surface area (Å²) in [5.41, 5.74) is 0.537. The molecule has 7 heteroatoms. The van der Waals surface area contributed by atoms with Crippen molar-refractivity contribution in [3.63, 3.8) is 0 Å². The van der Waals surface area contributed by atoms with Crippen LogP contribution in [0.4, 0.5) is 0 Å². The molecule has 0 spiro atoms. The van der Waals surface area contributed by atoms with Crippen molar-refractivity contribution in [3.8, 4) is 11.5 Å². The van der Waals surface area contributed by atoms with E-state index in [1.165, 1.54) is 0 Å². The van der Waals surface area contributed by atoms with Gasteiger partial charge in [0, 0.05) is 64.4 Å². The zero-order chi connectivity index (χ0) is 19.4. The lowest BCUT2D eigenvalue weighted by Gasteiger charge is -2.34. The van der Waals surface area contributed by atoms with Crippen LogP contribution < -0.4 is 9.47 Å². The second-order valence-electron chi connectivity index (χ2n) is 7.58. The summed E-state index contributed by atoms with van der Waals surface area (Å²) in [4.78, 5) is 19.7. The molecule has 7 nitrogen and oxygen atoms in total. The normalized spacial score (nSPS) is 24.2. The van der Waals surface area contributed by atoms with Crippen molar-refractivity contribution in [3.05, 3.63) is 23.8 Å². The number of carbonyl (C=O) groups excluding carboxylic acids is 1. The largest absolute Gasteiger partial charge is 0.497 e. The first-order valence-corrected chi connectivity index (χ1v) is 9.58. The molecule has 3 rings (SSSR count). The maximum absolute atomic E-state index is 13.1. The quantitative estimate of drug-likeness (QED) is 0.785.